The summed E-state index contributed by atoms with van der Waals surface area (Å²) in [5.41, 5.74) is 8.34. The zero-order valence-electron chi connectivity index (χ0n) is 10.2. The van der Waals surface area contributed by atoms with Crippen LogP contribution in [0.15, 0.2) is 24.7 Å². The van der Waals surface area contributed by atoms with Crippen molar-refractivity contribution < 1.29 is 0 Å². The molecule has 0 saturated carbocycles. The van der Waals surface area contributed by atoms with E-state index in [4.69, 9.17) is 5.73 Å². The Balaban J connectivity index is 2.20. The first kappa shape index (κ1) is 11.7. The molecule has 0 aliphatic heterocycles. The Bertz CT molecular complexity index is 491. The highest BCUT2D eigenvalue weighted by atomic mass is 15.3. The molecule has 0 aliphatic rings. The molecule has 0 amide bonds. The lowest BCUT2D eigenvalue weighted by molar-refractivity contribution is 0.614. The van der Waals surface area contributed by atoms with Crippen molar-refractivity contribution in [1.82, 2.24) is 19.7 Å². The third-order valence-electron chi connectivity index (χ3n) is 2.87. The third kappa shape index (κ3) is 2.50. The molecule has 90 valence electrons. The van der Waals surface area contributed by atoms with E-state index < -0.39 is 0 Å². The second-order valence-electron chi connectivity index (χ2n) is 4.01. The molecule has 2 N–H and O–H groups in total. The zero-order chi connectivity index (χ0) is 12.3. The second-order valence-corrected chi connectivity index (χ2v) is 4.01. The molecule has 5 heteroatoms. The van der Waals surface area contributed by atoms with Gasteiger partial charge in [0.05, 0.1) is 11.7 Å². The maximum absolute atomic E-state index is 6.19. The lowest BCUT2D eigenvalue weighted by atomic mass is 10.0. The molecule has 1 unspecified atom stereocenters. The van der Waals surface area contributed by atoms with Gasteiger partial charge in [-0.15, -0.1) is 0 Å². The first-order valence-electron chi connectivity index (χ1n) is 5.74. The van der Waals surface area contributed by atoms with Gasteiger partial charge in [-0.2, -0.15) is 5.10 Å². The topological polar surface area (TPSA) is 69.6 Å². The number of nitrogens with two attached hydrogens (primary N) is 1. The molecular weight excluding hydrogens is 214 g/mol. The van der Waals surface area contributed by atoms with E-state index in [1.807, 2.05) is 13.1 Å². The molecule has 0 spiro atoms. The monoisotopic (exact) mass is 231 g/mol. The van der Waals surface area contributed by atoms with Crippen molar-refractivity contribution in [3.05, 3.63) is 41.7 Å². The summed E-state index contributed by atoms with van der Waals surface area (Å²) < 4.78 is 1.74. The van der Waals surface area contributed by atoms with Gasteiger partial charge in [0.1, 0.15) is 12.2 Å². The molecule has 0 aromatic carbocycles. The lowest BCUT2D eigenvalue weighted by Gasteiger charge is -2.13. The van der Waals surface area contributed by atoms with Crippen LogP contribution in [0.3, 0.4) is 0 Å². The molecule has 5 nitrogen and oxygen atoms in total. The van der Waals surface area contributed by atoms with E-state index in [9.17, 15) is 0 Å². The SMILES string of the molecule is CCc1cccnc1C(N)Cc1ncnn1C. The summed E-state index contributed by atoms with van der Waals surface area (Å²) in [6, 6.07) is 3.88. The highest BCUT2D eigenvalue weighted by Gasteiger charge is 2.14. The van der Waals surface area contributed by atoms with Gasteiger partial charge in [0.15, 0.2) is 0 Å². The zero-order valence-corrected chi connectivity index (χ0v) is 10.2. The van der Waals surface area contributed by atoms with Crippen molar-refractivity contribution in [1.29, 1.82) is 0 Å². The molecule has 0 aliphatic carbocycles. The van der Waals surface area contributed by atoms with Gasteiger partial charge in [-0.05, 0) is 18.1 Å². The Morgan fingerprint density at radius 1 is 1.41 bits per heavy atom. The minimum Gasteiger partial charge on any atom is -0.322 e. The second kappa shape index (κ2) is 5.05. The Morgan fingerprint density at radius 3 is 2.88 bits per heavy atom. The number of aromatic nitrogens is 4. The fraction of sp³-hybridized carbons (Fsp3) is 0.417. The minimum atomic E-state index is -0.131. The van der Waals surface area contributed by atoms with Crippen molar-refractivity contribution in [2.45, 2.75) is 25.8 Å². The van der Waals surface area contributed by atoms with Gasteiger partial charge in [-0.1, -0.05) is 13.0 Å². The molecule has 0 fully saturated rings. The van der Waals surface area contributed by atoms with Gasteiger partial charge < -0.3 is 5.73 Å². The number of aryl methyl sites for hydroxylation is 2. The van der Waals surface area contributed by atoms with E-state index in [2.05, 4.69) is 28.1 Å². The standard InChI is InChI=1S/C12H17N5/c1-3-9-5-4-6-14-12(9)10(13)7-11-15-8-16-17(11)2/h4-6,8,10H,3,7,13H2,1-2H3. The average Bonchev–Trinajstić information content (AvgIpc) is 2.75. The molecule has 2 heterocycles. The Hall–Kier alpha value is -1.75. The fourth-order valence-corrected chi connectivity index (χ4v) is 1.88. The number of hydrogen-bond acceptors (Lipinski definition) is 4. The van der Waals surface area contributed by atoms with E-state index in [0.29, 0.717) is 6.42 Å². The van der Waals surface area contributed by atoms with Crippen LogP contribution >= 0.6 is 0 Å². The van der Waals surface area contributed by atoms with Gasteiger partial charge in [0.2, 0.25) is 0 Å². The van der Waals surface area contributed by atoms with Crippen molar-refractivity contribution in [2.24, 2.45) is 12.8 Å². The van der Waals surface area contributed by atoms with Crippen molar-refractivity contribution >= 4 is 0 Å². The van der Waals surface area contributed by atoms with Crippen molar-refractivity contribution in [2.75, 3.05) is 0 Å². The third-order valence-corrected chi connectivity index (χ3v) is 2.87. The molecule has 2 rings (SSSR count). The fourth-order valence-electron chi connectivity index (χ4n) is 1.88. The van der Waals surface area contributed by atoms with Gasteiger partial charge in [-0.3, -0.25) is 9.67 Å². The van der Waals surface area contributed by atoms with Crippen LogP contribution in [0.2, 0.25) is 0 Å². The maximum Gasteiger partial charge on any atom is 0.138 e. The molecule has 2 aromatic rings. The molecule has 0 saturated heterocycles. The highest BCUT2D eigenvalue weighted by molar-refractivity contribution is 5.23. The van der Waals surface area contributed by atoms with Crippen LogP contribution in [0.25, 0.3) is 0 Å². The van der Waals surface area contributed by atoms with Crippen molar-refractivity contribution in [3.8, 4) is 0 Å². The Labute approximate surface area is 101 Å². The summed E-state index contributed by atoms with van der Waals surface area (Å²) in [7, 11) is 1.87. The normalized spacial score (nSPS) is 12.6. The van der Waals surface area contributed by atoms with E-state index >= 15 is 0 Å². The number of nitrogens with zero attached hydrogens (tertiary/aromatic N) is 4. The van der Waals surface area contributed by atoms with Crippen molar-refractivity contribution in [3.63, 3.8) is 0 Å². The average molecular weight is 231 g/mol. The summed E-state index contributed by atoms with van der Waals surface area (Å²) in [4.78, 5) is 8.56. The quantitative estimate of drug-likeness (QED) is 0.852. The summed E-state index contributed by atoms with van der Waals surface area (Å²) >= 11 is 0. The van der Waals surface area contributed by atoms with Crippen LogP contribution < -0.4 is 5.73 Å². The molecule has 17 heavy (non-hydrogen) atoms. The summed E-state index contributed by atoms with van der Waals surface area (Å²) in [6.45, 7) is 2.11. The largest absolute Gasteiger partial charge is 0.322 e. The van der Waals surface area contributed by atoms with Gasteiger partial charge in [-0.25, -0.2) is 4.98 Å². The van der Waals surface area contributed by atoms with E-state index in [0.717, 1.165) is 17.9 Å². The number of pyridine rings is 1. The number of hydrogen-bond donors (Lipinski definition) is 1. The predicted molar refractivity (Wildman–Crippen MR) is 65.3 cm³/mol. The van der Waals surface area contributed by atoms with Gasteiger partial charge >= 0.3 is 0 Å². The lowest BCUT2D eigenvalue weighted by Crippen LogP contribution is -2.19. The van der Waals surface area contributed by atoms with E-state index in [-0.39, 0.29) is 6.04 Å². The van der Waals surface area contributed by atoms with Crippen LogP contribution in [-0.2, 0) is 19.9 Å². The smallest absolute Gasteiger partial charge is 0.138 e. The molecule has 2 aromatic heterocycles. The van der Waals surface area contributed by atoms with Crippen LogP contribution in [-0.4, -0.2) is 19.7 Å². The molecule has 0 bridgehead atoms. The van der Waals surface area contributed by atoms with Crippen LogP contribution in [0.1, 0.15) is 30.0 Å². The number of rotatable bonds is 4. The Morgan fingerprint density at radius 2 is 2.24 bits per heavy atom. The van der Waals surface area contributed by atoms with Crippen LogP contribution in [0, 0.1) is 0 Å². The summed E-state index contributed by atoms with van der Waals surface area (Å²) in [5.74, 6) is 0.880. The van der Waals surface area contributed by atoms with Gasteiger partial charge in [0, 0.05) is 19.7 Å². The van der Waals surface area contributed by atoms with Crippen LogP contribution in [0.5, 0.6) is 0 Å². The first-order chi connectivity index (χ1) is 8.22. The first-order valence-corrected chi connectivity index (χ1v) is 5.74. The minimum absolute atomic E-state index is 0.131. The predicted octanol–water partition coefficient (Wildman–Crippen LogP) is 1.01. The molecule has 1 atom stereocenters. The van der Waals surface area contributed by atoms with Crippen LogP contribution in [0.4, 0.5) is 0 Å². The highest BCUT2D eigenvalue weighted by Crippen LogP contribution is 2.16. The summed E-state index contributed by atoms with van der Waals surface area (Å²) in [5, 5.41) is 4.04. The Kier molecular flexibility index (Phi) is 3.49. The van der Waals surface area contributed by atoms with E-state index in [1.165, 1.54) is 5.56 Å². The molecule has 0 radical (unpaired) electrons. The molecular formula is C12H17N5. The van der Waals surface area contributed by atoms with Gasteiger partial charge in [0.25, 0.3) is 0 Å². The summed E-state index contributed by atoms with van der Waals surface area (Å²) in [6.07, 6.45) is 4.92. The maximum atomic E-state index is 6.19. The van der Waals surface area contributed by atoms with E-state index in [1.54, 1.807) is 17.2 Å².